The average molecular weight is 495 g/mol. The molecule has 0 spiro atoms. The standard InChI is InChI=1S/C26H25F2N5O3/c1-3-36-26(35)22-11-21(15-4-6-19(7-5-15)31-14(2)34)23(24(29)16-12-30-13-16)25(33-22)32-20-9-17(27)8-18(28)10-20/h4-11,16,29-30H,3,12-13H2,1-2H3,(H,31,34)(H,32,33)/p+1. The number of hydrogen-bond acceptors (Lipinski definition) is 6. The number of carbonyl (C=O) groups excluding carboxylic acids is 2. The smallest absolute Gasteiger partial charge is 0.357 e. The Labute approximate surface area is 206 Å². The Balaban J connectivity index is 1.89. The van der Waals surface area contributed by atoms with Gasteiger partial charge in [0.15, 0.2) is 5.69 Å². The van der Waals surface area contributed by atoms with Gasteiger partial charge in [0.25, 0.3) is 0 Å². The highest BCUT2D eigenvalue weighted by Crippen LogP contribution is 2.32. The van der Waals surface area contributed by atoms with Gasteiger partial charge < -0.3 is 20.8 Å². The maximum atomic E-state index is 13.9. The second-order valence-electron chi connectivity index (χ2n) is 8.41. The monoisotopic (exact) mass is 494 g/mol. The molecule has 0 unspecified atom stereocenters. The van der Waals surface area contributed by atoms with Crippen LogP contribution >= 0.6 is 0 Å². The Morgan fingerprint density at radius 2 is 1.81 bits per heavy atom. The third kappa shape index (κ3) is 5.61. The summed E-state index contributed by atoms with van der Waals surface area (Å²) in [5.74, 6) is -2.24. The predicted octanol–water partition coefficient (Wildman–Crippen LogP) is 3.28. The molecule has 5 N–H and O–H groups in total. The number of hydrogen-bond donors (Lipinski definition) is 4. The van der Waals surface area contributed by atoms with Crippen molar-refractivity contribution >= 4 is 34.8 Å². The lowest BCUT2D eigenvalue weighted by molar-refractivity contribution is -0.483. The summed E-state index contributed by atoms with van der Waals surface area (Å²) >= 11 is 0. The highest BCUT2D eigenvalue weighted by Gasteiger charge is 2.31. The lowest BCUT2D eigenvalue weighted by atomic mass is 9.87. The van der Waals surface area contributed by atoms with Gasteiger partial charge in [-0.3, -0.25) is 10.1 Å². The zero-order valence-corrected chi connectivity index (χ0v) is 19.8. The largest absolute Gasteiger partial charge is 0.461 e. The van der Waals surface area contributed by atoms with E-state index in [9.17, 15) is 18.4 Å². The quantitative estimate of drug-likeness (QED) is 0.218. The molecule has 1 aliphatic rings. The van der Waals surface area contributed by atoms with Crippen molar-refractivity contribution in [3.05, 3.63) is 71.4 Å². The number of benzene rings is 2. The molecule has 0 atom stereocenters. The normalized spacial score (nSPS) is 13.1. The molecule has 2 heterocycles. The topological polar surface area (TPSA) is 121 Å². The van der Waals surface area contributed by atoms with Crippen molar-refractivity contribution in [3.8, 4) is 11.1 Å². The van der Waals surface area contributed by atoms with Gasteiger partial charge in [0.1, 0.15) is 17.3 Å². The molecular formula is C26H26F2N5O3+. The molecule has 8 nitrogen and oxygen atoms in total. The molecule has 0 aliphatic carbocycles. The number of aromatic nitrogens is 1. The lowest BCUT2D eigenvalue weighted by Crippen LogP contribution is -2.72. The predicted molar refractivity (Wildman–Crippen MR) is 131 cm³/mol. The maximum absolute atomic E-state index is 13.9. The highest BCUT2D eigenvalue weighted by atomic mass is 19.1. The minimum atomic E-state index is -0.753. The number of nitrogens with two attached hydrogens (primary N) is 1. The minimum Gasteiger partial charge on any atom is -0.461 e. The third-order valence-corrected chi connectivity index (χ3v) is 5.70. The lowest BCUT2D eigenvalue weighted by Gasteiger charge is -2.29. The molecule has 2 aromatic carbocycles. The number of amides is 1. The second kappa shape index (κ2) is 10.7. The molecule has 1 aromatic heterocycles. The zero-order chi connectivity index (χ0) is 25.8. The van der Waals surface area contributed by atoms with Crippen LogP contribution in [0.15, 0.2) is 48.5 Å². The van der Waals surface area contributed by atoms with Crippen LogP contribution in [-0.4, -0.2) is 42.3 Å². The molecular weight excluding hydrogens is 468 g/mol. The average Bonchev–Trinajstić information content (AvgIpc) is 2.77. The van der Waals surface area contributed by atoms with E-state index in [2.05, 4.69) is 15.6 Å². The molecule has 10 heteroatoms. The summed E-state index contributed by atoms with van der Waals surface area (Å²) in [6, 6.07) is 11.6. The summed E-state index contributed by atoms with van der Waals surface area (Å²) in [4.78, 5) is 28.5. The number of carbonyl (C=O) groups is 2. The molecule has 1 aliphatic heterocycles. The number of esters is 1. The number of nitrogens with one attached hydrogen (secondary N) is 3. The number of pyridine rings is 1. The van der Waals surface area contributed by atoms with Crippen LogP contribution in [-0.2, 0) is 9.53 Å². The van der Waals surface area contributed by atoms with Gasteiger partial charge in [-0.25, -0.2) is 13.6 Å². The van der Waals surface area contributed by atoms with E-state index < -0.39 is 17.6 Å². The van der Waals surface area contributed by atoms with Crippen LogP contribution in [0.5, 0.6) is 0 Å². The van der Waals surface area contributed by atoms with E-state index in [0.717, 1.165) is 18.2 Å². The first kappa shape index (κ1) is 25.1. The Hall–Kier alpha value is -4.02. The summed E-state index contributed by atoms with van der Waals surface area (Å²) in [6.45, 7) is 4.43. The van der Waals surface area contributed by atoms with Crippen molar-refractivity contribution < 1.29 is 28.4 Å². The number of nitrogens with zero attached hydrogens (tertiary/aromatic N) is 1. The second-order valence-corrected chi connectivity index (χ2v) is 8.41. The number of anilines is 1. The maximum Gasteiger partial charge on any atom is 0.357 e. The van der Waals surface area contributed by atoms with E-state index in [-0.39, 0.29) is 35.6 Å². The van der Waals surface area contributed by atoms with Gasteiger partial charge in [0.2, 0.25) is 11.7 Å². The Kier molecular flexibility index (Phi) is 7.47. The molecule has 4 rings (SSSR count). The van der Waals surface area contributed by atoms with E-state index >= 15 is 0 Å². The molecule has 0 bridgehead atoms. The highest BCUT2D eigenvalue weighted by molar-refractivity contribution is 6.09. The molecule has 0 saturated carbocycles. The van der Waals surface area contributed by atoms with Gasteiger partial charge in [-0.05, 0) is 30.7 Å². The molecule has 3 aromatic rings. The molecule has 186 valence electrons. The Bertz CT molecular complexity index is 1300. The van der Waals surface area contributed by atoms with Gasteiger partial charge in [-0.15, -0.1) is 0 Å². The summed E-state index contributed by atoms with van der Waals surface area (Å²) < 4.78 is 33.0. The van der Waals surface area contributed by atoms with E-state index in [0.29, 0.717) is 41.2 Å². The summed E-state index contributed by atoms with van der Waals surface area (Å²) in [7, 11) is 0. The third-order valence-electron chi connectivity index (χ3n) is 5.70. The van der Waals surface area contributed by atoms with Crippen LogP contribution in [0.1, 0.15) is 29.9 Å². The van der Waals surface area contributed by atoms with Gasteiger partial charge in [-0.1, -0.05) is 12.1 Å². The fourth-order valence-electron chi connectivity index (χ4n) is 3.94. The van der Waals surface area contributed by atoms with Crippen LogP contribution in [0.25, 0.3) is 11.1 Å². The summed E-state index contributed by atoms with van der Waals surface area (Å²) in [5, 5.41) is 16.2. The number of rotatable bonds is 8. The van der Waals surface area contributed by atoms with Crippen LogP contribution in [0.3, 0.4) is 0 Å². The van der Waals surface area contributed by atoms with Crippen molar-refractivity contribution in [2.45, 2.75) is 13.8 Å². The van der Waals surface area contributed by atoms with E-state index in [1.54, 1.807) is 37.3 Å². The molecule has 1 fully saturated rings. The molecule has 1 amide bonds. The number of quaternary nitrogens is 1. The first-order chi connectivity index (χ1) is 17.2. The Morgan fingerprint density at radius 1 is 1.14 bits per heavy atom. The van der Waals surface area contributed by atoms with Gasteiger partial charge in [0.05, 0.1) is 17.9 Å². The summed E-state index contributed by atoms with van der Waals surface area (Å²) in [6.07, 6.45) is 0. The molecule has 1 saturated heterocycles. The first-order valence-electron chi connectivity index (χ1n) is 11.5. The van der Waals surface area contributed by atoms with Crippen LogP contribution in [0.2, 0.25) is 0 Å². The number of ether oxygens (including phenoxy) is 1. The van der Waals surface area contributed by atoms with Crippen molar-refractivity contribution in [3.63, 3.8) is 0 Å². The van der Waals surface area contributed by atoms with Gasteiger partial charge in [-0.2, -0.15) is 4.98 Å². The van der Waals surface area contributed by atoms with Crippen molar-refractivity contribution in [2.75, 3.05) is 25.0 Å². The van der Waals surface area contributed by atoms with Crippen molar-refractivity contribution in [1.29, 1.82) is 5.41 Å². The molecule has 0 radical (unpaired) electrons. The van der Waals surface area contributed by atoms with E-state index in [1.807, 2.05) is 0 Å². The van der Waals surface area contributed by atoms with Crippen molar-refractivity contribution in [2.24, 2.45) is 5.92 Å². The number of halogens is 2. The zero-order valence-electron chi connectivity index (χ0n) is 19.8. The van der Waals surface area contributed by atoms with Gasteiger partial charge >= 0.3 is 5.97 Å². The van der Waals surface area contributed by atoms with Gasteiger partial charge in [0, 0.05) is 55.4 Å². The summed E-state index contributed by atoms with van der Waals surface area (Å²) in [5.41, 5.74) is 2.75. The minimum absolute atomic E-state index is 0.00389. The Morgan fingerprint density at radius 3 is 2.36 bits per heavy atom. The van der Waals surface area contributed by atoms with Crippen LogP contribution in [0, 0.1) is 23.0 Å². The fourth-order valence-corrected chi connectivity index (χ4v) is 3.94. The van der Waals surface area contributed by atoms with Crippen molar-refractivity contribution in [1.82, 2.24) is 10.3 Å². The molecule has 36 heavy (non-hydrogen) atoms. The van der Waals surface area contributed by atoms with Crippen LogP contribution < -0.4 is 16.0 Å². The fraction of sp³-hybridized carbons (Fsp3) is 0.231. The SMILES string of the molecule is CCOC(=O)c1cc(-c2ccc(NC(C)=O)cc2)c(C(=N)C2CNC2)c([NH2+]c2cc(F)cc(F)c2)n1. The van der Waals surface area contributed by atoms with Crippen LogP contribution in [0.4, 0.5) is 26.0 Å². The van der Waals surface area contributed by atoms with E-state index in [1.165, 1.54) is 12.2 Å². The first-order valence-corrected chi connectivity index (χ1v) is 11.5. The van der Waals surface area contributed by atoms with E-state index in [4.69, 9.17) is 10.1 Å².